The van der Waals surface area contributed by atoms with E-state index < -0.39 is 18.6 Å². The Morgan fingerprint density at radius 1 is 1.30 bits per heavy atom. The Hall–Kier alpha value is -1.76. The summed E-state index contributed by atoms with van der Waals surface area (Å²) < 4.78 is 42.4. The van der Waals surface area contributed by atoms with Crippen molar-refractivity contribution in [3.8, 4) is 5.75 Å². The lowest BCUT2D eigenvalue weighted by Crippen LogP contribution is -2.50. The Bertz CT molecular complexity index is 585. The minimum Gasteiger partial charge on any atom is -0.487 e. The number of rotatable bonds is 4. The summed E-state index contributed by atoms with van der Waals surface area (Å²) in [4.78, 5) is 11.9. The lowest BCUT2D eigenvalue weighted by Gasteiger charge is -2.48. The Morgan fingerprint density at radius 3 is 2.70 bits per heavy atom. The lowest BCUT2D eigenvalue weighted by molar-refractivity contribution is -0.129. The van der Waals surface area contributed by atoms with E-state index in [9.17, 15) is 18.0 Å². The van der Waals surface area contributed by atoms with Gasteiger partial charge >= 0.3 is 6.18 Å². The van der Waals surface area contributed by atoms with E-state index in [2.05, 4.69) is 10.6 Å². The number of halogens is 3. The molecule has 0 aromatic heterocycles. The molecule has 1 amide bonds. The van der Waals surface area contributed by atoms with Gasteiger partial charge in [0.2, 0.25) is 5.91 Å². The number of ether oxygens (including phenoxy) is 1. The van der Waals surface area contributed by atoms with Gasteiger partial charge in [-0.2, -0.15) is 13.2 Å². The first-order chi connectivity index (χ1) is 10.9. The molecule has 0 saturated heterocycles. The summed E-state index contributed by atoms with van der Waals surface area (Å²) in [6.45, 7) is -1.53. The van der Waals surface area contributed by atoms with Crippen LogP contribution in [-0.2, 0) is 4.79 Å². The van der Waals surface area contributed by atoms with E-state index in [1.54, 1.807) is 0 Å². The zero-order chi connectivity index (χ0) is 16.5. The Morgan fingerprint density at radius 2 is 2.04 bits per heavy atom. The number of carbonyl (C=O) groups is 1. The standard InChI is InChI=1S/C16H19F3N2O2/c17-16(18,19)10-20-9-14(22)21-12-8-15(6-3-7-15)23-13-5-2-1-4-11(12)13/h1-2,4-5,12,20H,3,6-10H2,(H,21,22)/t12-/m0/s1. The highest BCUT2D eigenvalue weighted by Crippen LogP contribution is 2.48. The summed E-state index contributed by atoms with van der Waals surface area (Å²) in [6.07, 6.45) is -0.674. The topological polar surface area (TPSA) is 50.4 Å². The van der Waals surface area contributed by atoms with Gasteiger partial charge in [0.25, 0.3) is 0 Å². The smallest absolute Gasteiger partial charge is 0.401 e. The maximum atomic E-state index is 12.1. The van der Waals surface area contributed by atoms with Crippen LogP contribution in [0.1, 0.15) is 37.3 Å². The van der Waals surface area contributed by atoms with Gasteiger partial charge < -0.3 is 15.4 Å². The van der Waals surface area contributed by atoms with Gasteiger partial charge in [-0.1, -0.05) is 18.2 Å². The fourth-order valence-electron chi connectivity index (χ4n) is 3.19. The number of alkyl halides is 3. The Kier molecular flexibility index (Phi) is 4.23. The molecule has 1 aromatic carbocycles. The number of para-hydroxylation sites is 1. The molecular weight excluding hydrogens is 309 g/mol. The summed E-state index contributed by atoms with van der Waals surface area (Å²) in [5, 5.41) is 4.95. The highest BCUT2D eigenvalue weighted by atomic mass is 19.4. The average Bonchev–Trinajstić information content (AvgIpc) is 2.44. The second-order valence-electron chi connectivity index (χ2n) is 6.22. The molecule has 1 heterocycles. The number of hydrogen-bond acceptors (Lipinski definition) is 3. The van der Waals surface area contributed by atoms with Crippen LogP contribution in [0.5, 0.6) is 5.75 Å². The average molecular weight is 328 g/mol. The summed E-state index contributed by atoms with van der Waals surface area (Å²) in [7, 11) is 0. The minimum atomic E-state index is -4.32. The van der Waals surface area contributed by atoms with Crippen molar-refractivity contribution in [3.05, 3.63) is 29.8 Å². The molecule has 1 aliphatic heterocycles. The van der Waals surface area contributed by atoms with Gasteiger partial charge in [0.05, 0.1) is 19.1 Å². The largest absolute Gasteiger partial charge is 0.487 e. The van der Waals surface area contributed by atoms with Gasteiger partial charge in [-0.05, 0) is 25.3 Å². The molecule has 3 rings (SSSR count). The van der Waals surface area contributed by atoms with E-state index in [0.717, 1.165) is 30.6 Å². The number of benzene rings is 1. The monoisotopic (exact) mass is 328 g/mol. The van der Waals surface area contributed by atoms with E-state index in [0.29, 0.717) is 6.42 Å². The fourth-order valence-corrected chi connectivity index (χ4v) is 3.19. The molecule has 0 unspecified atom stereocenters. The van der Waals surface area contributed by atoms with E-state index in [1.807, 2.05) is 24.3 Å². The molecule has 1 spiro atoms. The first-order valence-corrected chi connectivity index (χ1v) is 7.72. The number of amides is 1. The maximum absolute atomic E-state index is 12.1. The van der Waals surface area contributed by atoms with Gasteiger partial charge in [-0.15, -0.1) is 0 Å². The molecule has 126 valence electrons. The summed E-state index contributed by atoms with van der Waals surface area (Å²) in [5.41, 5.74) is 0.653. The van der Waals surface area contributed by atoms with E-state index in [1.165, 1.54) is 0 Å². The van der Waals surface area contributed by atoms with Crippen molar-refractivity contribution in [3.63, 3.8) is 0 Å². The SMILES string of the molecule is O=C(CNCC(F)(F)F)N[C@H]1CC2(CCC2)Oc2ccccc21. The summed E-state index contributed by atoms with van der Waals surface area (Å²) in [6, 6.07) is 7.27. The van der Waals surface area contributed by atoms with E-state index >= 15 is 0 Å². The molecule has 1 atom stereocenters. The van der Waals surface area contributed by atoms with Crippen molar-refractivity contribution >= 4 is 5.91 Å². The fraction of sp³-hybridized carbons (Fsp3) is 0.562. The molecule has 1 saturated carbocycles. The van der Waals surface area contributed by atoms with Gasteiger partial charge in [0, 0.05) is 12.0 Å². The predicted octanol–water partition coefficient (Wildman–Crippen LogP) is 2.70. The van der Waals surface area contributed by atoms with Crippen LogP contribution in [0.2, 0.25) is 0 Å². The summed E-state index contributed by atoms with van der Waals surface area (Å²) >= 11 is 0. The minimum absolute atomic E-state index is 0.222. The summed E-state index contributed by atoms with van der Waals surface area (Å²) in [5.74, 6) is 0.317. The van der Waals surface area contributed by atoms with Crippen molar-refractivity contribution in [1.29, 1.82) is 0 Å². The number of fused-ring (bicyclic) bond motifs is 1. The van der Waals surface area contributed by atoms with Crippen LogP contribution in [0, 0.1) is 0 Å². The highest BCUT2D eigenvalue weighted by molar-refractivity contribution is 5.78. The molecule has 0 radical (unpaired) electrons. The molecule has 2 aliphatic rings. The van der Waals surface area contributed by atoms with Crippen LogP contribution in [0.4, 0.5) is 13.2 Å². The normalized spacial score (nSPS) is 22.0. The Labute approximate surface area is 132 Å². The molecule has 0 bridgehead atoms. The van der Waals surface area contributed by atoms with Crippen LogP contribution in [-0.4, -0.2) is 30.8 Å². The lowest BCUT2D eigenvalue weighted by atomic mass is 9.73. The molecule has 2 N–H and O–H groups in total. The van der Waals surface area contributed by atoms with Gasteiger partial charge in [0.15, 0.2) is 0 Å². The molecule has 4 nitrogen and oxygen atoms in total. The van der Waals surface area contributed by atoms with Crippen molar-refractivity contribution in [2.75, 3.05) is 13.1 Å². The van der Waals surface area contributed by atoms with Crippen molar-refractivity contribution < 1.29 is 22.7 Å². The third kappa shape index (κ3) is 3.77. The third-order valence-corrected chi connectivity index (χ3v) is 4.41. The van der Waals surface area contributed by atoms with Crippen LogP contribution in [0.3, 0.4) is 0 Å². The predicted molar refractivity (Wildman–Crippen MR) is 78.1 cm³/mol. The number of hydrogen-bond donors (Lipinski definition) is 2. The molecule has 1 aliphatic carbocycles. The molecule has 1 aromatic rings. The van der Waals surface area contributed by atoms with Crippen molar-refractivity contribution in [2.24, 2.45) is 0 Å². The number of nitrogens with one attached hydrogen (secondary N) is 2. The van der Waals surface area contributed by atoms with Gasteiger partial charge in [0.1, 0.15) is 11.4 Å². The van der Waals surface area contributed by atoms with E-state index in [-0.39, 0.29) is 18.2 Å². The van der Waals surface area contributed by atoms with Crippen molar-refractivity contribution in [1.82, 2.24) is 10.6 Å². The molecule has 7 heteroatoms. The van der Waals surface area contributed by atoms with Gasteiger partial charge in [-0.25, -0.2) is 0 Å². The zero-order valence-corrected chi connectivity index (χ0v) is 12.6. The molecule has 23 heavy (non-hydrogen) atoms. The second kappa shape index (κ2) is 6.03. The van der Waals surface area contributed by atoms with Crippen LogP contribution in [0.15, 0.2) is 24.3 Å². The quantitative estimate of drug-likeness (QED) is 0.893. The Balaban J connectivity index is 1.63. The van der Waals surface area contributed by atoms with Crippen LogP contribution >= 0.6 is 0 Å². The number of carbonyl (C=O) groups excluding carboxylic acids is 1. The van der Waals surface area contributed by atoms with Gasteiger partial charge in [-0.3, -0.25) is 4.79 Å². The third-order valence-electron chi connectivity index (χ3n) is 4.41. The van der Waals surface area contributed by atoms with Crippen LogP contribution < -0.4 is 15.4 Å². The second-order valence-corrected chi connectivity index (χ2v) is 6.22. The zero-order valence-electron chi connectivity index (χ0n) is 12.6. The maximum Gasteiger partial charge on any atom is 0.401 e. The first kappa shape index (κ1) is 16.1. The van der Waals surface area contributed by atoms with E-state index in [4.69, 9.17) is 4.74 Å². The molecular formula is C16H19F3N2O2. The highest BCUT2D eigenvalue weighted by Gasteiger charge is 2.45. The first-order valence-electron chi connectivity index (χ1n) is 7.72. The van der Waals surface area contributed by atoms with Crippen molar-refractivity contribution in [2.45, 2.75) is 43.5 Å². The van der Waals surface area contributed by atoms with Crippen LogP contribution in [0.25, 0.3) is 0 Å². The molecule has 1 fully saturated rings.